The summed E-state index contributed by atoms with van der Waals surface area (Å²) in [5.41, 5.74) is 0. The molecule has 0 radical (unpaired) electrons. The minimum Gasteiger partial charge on any atom is -0.463 e. The van der Waals surface area contributed by atoms with Gasteiger partial charge in [0.05, 0.1) is 5.33 Å². The van der Waals surface area contributed by atoms with Crippen LogP contribution in [0.25, 0.3) is 0 Å². The maximum atomic E-state index is 11.7. The number of ether oxygens (including phenoxy) is 5. The van der Waals surface area contributed by atoms with Gasteiger partial charge in [0, 0.05) is 40.5 Å². The summed E-state index contributed by atoms with van der Waals surface area (Å²) in [5.74, 6) is -5.41. The van der Waals surface area contributed by atoms with Crippen molar-refractivity contribution in [2.45, 2.75) is 77.2 Å². The van der Waals surface area contributed by atoms with Gasteiger partial charge in [-0.2, -0.15) is 0 Å². The summed E-state index contributed by atoms with van der Waals surface area (Å²) < 4.78 is 26.3. The summed E-state index contributed by atoms with van der Waals surface area (Å²) in [6.07, 6.45) is -5.60. The third kappa shape index (κ3) is 8.54. The first kappa shape index (κ1) is 27.0. The molecule has 0 aromatic heterocycles. The zero-order chi connectivity index (χ0) is 23.8. The highest BCUT2D eigenvalue weighted by molar-refractivity contribution is 9.09. The van der Waals surface area contributed by atoms with Crippen molar-refractivity contribution < 1.29 is 52.8 Å². The van der Waals surface area contributed by atoms with Crippen molar-refractivity contribution in [3.05, 3.63) is 0 Å². The second-order valence-corrected chi connectivity index (χ2v) is 7.57. The Kier molecular flexibility index (Phi) is 10.5. The van der Waals surface area contributed by atoms with Gasteiger partial charge < -0.3 is 28.8 Å². The fraction of sp³-hybridized carbons (Fsp3) is 0.737. The van der Waals surface area contributed by atoms with Gasteiger partial charge >= 0.3 is 23.9 Å². The van der Waals surface area contributed by atoms with Crippen LogP contribution in [-0.4, -0.2) is 76.9 Å². The van der Waals surface area contributed by atoms with E-state index in [1.165, 1.54) is 0 Å². The quantitative estimate of drug-likeness (QED) is 0.249. The Morgan fingerprint density at radius 2 is 1.45 bits per heavy atom. The van der Waals surface area contributed by atoms with Crippen molar-refractivity contribution >= 4 is 45.6 Å². The van der Waals surface area contributed by atoms with Crippen LogP contribution in [0.5, 0.6) is 0 Å². The molecule has 0 spiro atoms. The maximum Gasteiger partial charge on any atom is 0.303 e. The number of hydrogen-bond donors (Lipinski definition) is 1. The second-order valence-electron chi connectivity index (χ2n) is 7.01. The van der Waals surface area contributed by atoms with Gasteiger partial charge in [-0.05, 0) is 6.42 Å². The monoisotopic (exact) mass is 510 g/mol. The van der Waals surface area contributed by atoms with Crippen LogP contribution in [0.4, 0.5) is 0 Å². The number of ketones is 1. The molecule has 1 heterocycles. The van der Waals surface area contributed by atoms with Crippen LogP contribution < -0.4 is 0 Å². The van der Waals surface area contributed by atoms with Crippen molar-refractivity contribution in [3.8, 4) is 0 Å². The molecule has 0 aromatic rings. The molecule has 31 heavy (non-hydrogen) atoms. The van der Waals surface area contributed by atoms with Crippen molar-refractivity contribution in [2.75, 3.05) is 11.9 Å². The van der Waals surface area contributed by atoms with Gasteiger partial charge in [0.1, 0.15) is 18.5 Å². The van der Waals surface area contributed by atoms with Crippen LogP contribution >= 0.6 is 15.9 Å². The molecule has 0 saturated carbocycles. The lowest BCUT2D eigenvalue weighted by Crippen LogP contribution is -2.68. The van der Waals surface area contributed by atoms with Gasteiger partial charge in [0.25, 0.3) is 0 Å². The van der Waals surface area contributed by atoms with E-state index < -0.39 is 60.7 Å². The van der Waals surface area contributed by atoms with Gasteiger partial charge in [-0.1, -0.05) is 15.9 Å². The Bertz CT molecular complexity index is 694. The zero-order valence-electron chi connectivity index (χ0n) is 17.8. The molecule has 176 valence electrons. The third-order valence-corrected chi connectivity index (χ3v) is 4.90. The van der Waals surface area contributed by atoms with E-state index in [4.69, 9.17) is 23.7 Å². The average Bonchev–Trinajstić information content (AvgIpc) is 2.64. The normalized spacial score (nSPS) is 27.7. The lowest BCUT2D eigenvalue weighted by Gasteiger charge is -2.48. The predicted molar refractivity (Wildman–Crippen MR) is 106 cm³/mol. The number of Topliss-reactive ketones (excluding diaryl/α,β-unsaturated/α-hetero) is 1. The molecular weight excluding hydrogens is 484 g/mol. The van der Waals surface area contributed by atoms with Crippen molar-refractivity contribution in [1.29, 1.82) is 0 Å². The van der Waals surface area contributed by atoms with E-state index in [-0.39, 0.29) is 30.4 Å². The first-order chi connectivity index (χ1) is 14.4. The topological polar surface area (TPSA) is 152 Å². The summed E-state index contributed by atoms with van der Waals surface area (Å²) in [6.45, 7) is 3.96. The van der Waals surface area contributed by atoms with Crippen molar-refractivity contribution in [1.82, 2.24) is 0 Å². The highest BCUT2D eigenvalue weighted by Gasteiger charge is 2.59. The van der Waals surface area contributed by atoms with E-state index in [1.54, 1.807) is 0 Å². The smallest absolute Gasteiger partial charge is 0.303 e. The van der Waals surface area contributed by atoms with Gasteiger partial charge in [-0.3, -0.25) is 24.0 Å². The first-order valence-corrected chi connectivity index (χ1v) is 10.6. The number of hydrogen-bond acceptors (Lipinski definition) is 11. The largest absolute Gasteiger partial charge is 0.463 e. The molecule has 11 nitrogen and oxygen atoms in total. The van der Waals surface area contributed by atoms with Gasteiger partial charge in [0.15, 0.2) is 18.3 Å². The number of rotatable bonds is 10. The van der Waals surface area contributed by atoms with Gasteiger partial charge in [-0.15, -0.1) is 0 Å². The van der Waals surface area contributed by atoms with Gasteiger partial charge in [-0.25, -0.2) is 0 Å². The highest BCUT2D eigenvalue weighted by atomic mass is 79.9. The minimum atomic E-state index is -2.22. The molecule has 12 heteroatoms. The van der Waals surface area contributed by atoms with E-state index in [0.717, 1.165) is 27.7 Å². The summed E-state index contributed by atoms with van der Waals surface area (Å²) in [5, 5.41) is 11.4. The highest BCUT2D eigenvalue weighted by Crippen LogP contribution is 2.37. The van der Waals surface area contributed by atoms with Crippen LogP contribution in [0.15, 0.2) is 0 Å². The average molecular weight is 511 g/mol. The second kappa shape index (κ2) is 12.1. The Hall–Kier alpha value is -2.05. The fourth-order valence-electron chi connectivity index (χ4n) is 3.16. The predicted octanol–water partition coefficient (Wildman–Crippen LogP) is 0.566. The van der Waals surface area contributed by atoms with E-state index in [1.807, 2.05) is 0 Å². The number of alkyl halides is 1. The molecule has 0 amide bonds. The molecular formula is C19H27BrO11. The lowest BCUT2D eigenvalue weighted by molar-refractivity contribution is -0.354. The molecule has 0 unspecified atom stereocenters. The number of carbonyl (C=O) groups is 5. The Labute approximate surface area is 187 Å². The summed E-state index contributed by atoms with van der Waals surface area (Å²) in [7, 11) is 0. The third-order valence-electron chi connectivity index (χ3n) is 4.28. The molecule has 1 rings (SSSR count). The van der Waals surface area contributed by atoms with Crippen LogP contribution in [-0.2, 0) is 47.7 Å². The molecule has 1 aliphatic heterocycles. The lowest BCUT2D eigenvalue weighted by atomic mass is 9.88. The molecule has 1 aliphatic rings. The van der Waals surface area contributed by atoms with Crippen LogP contribution in [0, 0.1) is 0 Å². The van der Waals surface area contributed by atoms with E-state index >= 15 is 0 Å². The molecule has 5 atom stereocenters. The van der Waals surface area contributed by atoms with Crippen LogP contribution in [0.1, 0.15) is 47.0 Å². The summed E-state index contributed by atoms with van der Waals surface area (Å²) >= 11 is 3.04. The summed E-state index contributed by atoms with van der Waals surface area (Å²) in [4.78, 5) is 58.0. The van der Waals surface area contributed by atoms with E-state index in [2.05, 4.69) is 15.9 Å². The molecule has 0 bridgehead atoms. The number of halogens is 1. The maximum absolute atomic E-state index is 11.7. The van der Waals surface area contributed by atoms with E-state index in [0.29, 0.717) is 0 Å². The first-order valence-electron chi connectivity index (χ1n) is 9.52. The van der Waals surface area contributed by atoms with Crippen LogP contribution in [0.3, 0.4) is 0 Å². The van der Waals surface area contributed by atoms with Crippen molar-refractivity contribution in [2.24, 2.45) is 0 Å². The van der Waals surface area contributed by atoms with Crippen LogP contribution in [0.2, 0.25) is 0 Å². The summed E-state index contributed by atoms with van der Waals surface area (Å²) in [6, 6.07) is 0. The zero-order valence-corrected chi connectivity index (χ0v) is 19.3. The number of carbonyl (C=O) groups excluding carboxylic acids is 5. The van der Waals surface area contributed by atoms with E-state index in [9.17, 15) is 29.1 Å². The molecule has 1 fully saturated rings. The number of aliphatic hydroxyl groups is 1. The van der Waals surface area contributed by atoms with Gasteiger partial charge in [0.2, 0.25) is 5.79 Å². The molecule has 0 aromatic carbocycles. The Morgan fingerprint density at radius 3 is 1.94 bits per heavy atom. The fourth-order valence-corrected chi connectivity index (χ4v) is 3.45. The van der Waals surface area contributed by atoms with Crippen molar-refractivity contribution in [3.63, 3.8) is 0 Å². The number of esters is 4. The molecule has 1 saturated heterocycles. The Balaban J connectivity index is 3.35. The SMILES string of the molecule is CC(=O)OC[C@H]1O[C@](O)(CCCC(=O)CBr)[C@@H](OC(C)=O)[C@@H](OC(C)=O)[C@@H]1OC(C)=O. The standard InChI is InChI=1S/C19H27BrO11/c1-10(21)27-9-15-16(28-11(2)22)17(29-12(3)23)18(30-13(4)24)19(26,31-15)7-5-6-14(25)8-20/h15-18,26H,5-9H2,1-4H3/t15-,16-,17+,18+,19-/m1/s1. The molecule has 1 N–H and O–H groups in total. The molecule has 0 aliphatic carbocycles. The Morgan fingerprint density at radius 1 is 0.903 bits per heavy atom. The minimum absolute atomic E-state index is 0.0872.